The molecule has 0 aromatic rings. The Balaban J connectivity index is 2.10. The van der Waals surface area contributed by atoms with E-state index in [1.165, 1.54) is 0 Å². The third-order valence-electron chi connectivity index (χ3n) is 3.21. The summed E-state index contributed by atoms with van der Waals surface area (Å²) < 4.78 is 5.60. The Labute approximate surface area is 104 Å². The van der Waals surface area contributed by atoms with Crippen LogP contribution < -0.4 is 10.6 Å². The molecule has 0 saturated carbocycles. The van der Waals surface area contributed by atoms with E-state index in [9.17, 15) is 4.79 Å². The summed E-state index contributed by atoms with van der Waals surface area (Å²) in [5.74, 6) is 0.641. The molecule has 1 rings (SSSR count). The summed E-state index contributed by atoms with van der Waals surface area (Å²) in [5, 5.41) is 6.24. The molecule has 1 aliphatic rings. The molecule has 1 saturated heterocycles. The molecule has 2 N–H and O–H groups in total. The maximum Gasteiger partial charge on any atom is 0.221 e. The topological polar surface area (TPSA) is 50.4 Å². The largest absolute Gasteiger partial charge is 0.378 e. The van der Waals surface area contributed by atoms with Crippen molar-refractivity contribution in [3.63, 3.8) is 0 Å². The van der Waals surface area contributed by atoms with Gasteiger partial charge in [0.2, 0.25) is 5.91 Å². The quantitative estimate of drug-likeness (QED) is 0.707. The minimum Gasteiger partial charge on any atom is -0.378 e. The average molecular weight is 242 g/mol. The van der Waals surface area contributed by atoms with Crippen molar-refractivity contribution in [2.45, 2.75) is 52.2 Å². The predicted molar refractivity (Wildman–Crippen MR) is 68.9 cm³/mol. The Morgan fingerprint density at radius 1 is 1.47 bits per heavy atom. The smallest absolute Gasteiger partial charge is 0.221 e. The van der Waals surface area contributed by atoms with Gasteiger partial charge in [-0.3, -0.25) is 4.79 Å². The number of hydrogen-bond acceptors (Lipinski definition) is 3. The van der Waals surface area contributed by atoms with Crippen LogP contribution in [-0.2, 0) is 9.53 Å². The van der Waals surface area contributed by atoms with Gasteiger partial charge in [-0.2, -0.15) is 0 Å². The van der Waals surface area contributed by atoms with Gasteiger partial charge in [-0.25, -0.2) is 0 Å². The predicted octanol–water partition coefficient (Wildman–Crippen LogP) is 1.31. The standard InChI is InChI=1S/C13H26N2O2/c1-4-12-11(6-8-17-12)9-15-13(16)5-7-14-10(2)3/h10-12,14H,4-9H2,1-3H3,(H,15,16). The van der Waals surface area contributed by atoms with Crippen molar-refractivity contribution in [1.82, 2.24) is 10.6 Å². The molecule has 0 aromatic heterocycles. The zero-order chi connectivity index (χ0) is 12.7. The summed E-state index contributed by atoms with van der Waals surface area (Å²) in [5.41, 5.74) is 0. The van der Waals surface area contributed by atoms with Crippen molar-refractivity contribution in [2.24, 2.45) is 5.92 Å². The van der Waals surface area contributed by atoms with E-state index >= 15 is 0 Å². The number of rotatable bonds is 7. The van der Waals surface area contributed by atoms with E-state index in [4.69, 9.17) is 4.74 Å². The number of ether oxygens (including phenoxy) is 1. The lowest BCUT2D eigenvalue weighted by molar-refractivity contribution is -0.121. The number of amides is 1. The fourth-order valence-corrected chi connectivity index (χ4v) is 2.19. The first-order valence-electron chi connectivity index (χ1n) is 6.75. The van der Waals surface area contributed by atoms with Gasteiger partial charge >= 0.3 is 0 Å². The molecule has 0 spiro atoms. The van der Waals surface area contributed by atoms with Crippen LogP contribution in [0.3, 0.4) is 0 Å². The molecular formula is C13H26N2O2. The van der Waals surface area contributed by atoms with E-state index in [-0.39, 0.29) is 5.91 Å². The second-order valence-electron chi connectivity index (χ2n) is 5.03. The Bertz CT molecular complexity index is 231. The first kappa shape index (κ1) is 14.5. The fourth-order valence-electron chi connectivity index (χ4n) is 2.19. The van der Waals surface area contributed by atoms with Gasteiger partial charge in [-0.05, 0) is 12.8 Å². The van der Waals surface area contributed by atoms with Crippen LogP contribution >= 0.6 is 0 Å². The molecule has 4 nitrogen and oxygen atoms in total. The van der Waals surface area contributed by atoms with Crippen molar-refractivity contribution < 1.29 is 9.53 Å². The second kappa shape index (κ2) is 7.67. The van der Waals surface area contributed by atoms with Crippen LogP contribution in [0.2, 0.25) is 0 Å². The Morgan fingerprint density at radius 3 is 2.88 bits per heavy atom. The highest BCUT2D eigenvalue weighted by atomic mass is 16.5. The molecule has 0 aliphatic carbocycles. The molecule has 1 heterocycles. The summed E-state index contributed by atoms with van der Waals surface area (Å²) in [6.45, 7) is 8.66. The minimum atomic E-state index is 0.139. The number of nitrogens with one attached hydrogen (secondary N) is 2. The SMILES string of the molecule is CCC1OCCC1CNC(=O)CCNC(C)C. The van der Waals surface area contributed by atoms with E-state index in [0.29, 0.717) is 24.5 Å². The summed E-state index contributed by atoms with van der Waals surface area (Å²) in [4.78, 5) is 11.6. The van der Waals surface area contributed by atoms with Gasteiger partial charge in [-0.15, -0.1) is 0 Å². The Hall–Kier alpha value is -0.610. The monoisotopic (exact) mass is 242 g/mol. The van der Waals surface area contributed by atoms with Crippen LogP contribution in [0.15, 0.2) is 0 Å². The zero-order valence-corrected chi connectivity index (χ0v) is 11.3. The first-order chi connectivity index (χ1) is 8.13. The Morgan fingerprint density at radius 2 is 2.24 bits per heavy atom. The summed E-state index contributed by atoms with van der Waals surface area (Å²) in [6, 6.07) is 0.440. The third-order valence-corrected chi connectivity index (χ3v) is 3.21. The van der Waals surface area contributed by atoms with Gasteiger partial charge in [0.05, 0.1) is 6.10 Å². The molecule has 0 aromatic carbocycles. The molecule has 2 atom stereocenters. The highest BCUT2D eigenvalue weighted by molar-refractivity contribution is 5.76. The van der Waals surface area contributed by atoms with E-state index in [1.807, 2.05) is 0 Å². The molecule has 0 bridgehead atoms. The highest BCUT2D eigenvalue weighted by Gasteiger charge is 2.26. The third kappa shape index (κ3) is 5.50. The lowest BCUT2D eigenvalue weighted by Crippen LogP contribution is -2.35. The fraction of sp³-hybridized carbons (Fsp3) is 0.923. The van der Waals surface area contributed by atoms with Crippen molar-refractivity contribution >= 4 is 5.91 Å². The highest BCUT2D eigenvalue weighted by Crippen LogP contribution is 2.22. The summed E-state index contributed by atoms with van der Waals surface area (Å²) in [7, 11) is 0. The summed E-state index contributed by atoms with van der Waals surface area (Å²) in [6.07, 6.45) is 3.00. The van der Waals surface area contributed by atoms with Crippen molar-refractivity contribution in [1.29, 1.82) is 0 Å². The lowest BCUT2D eigenvalue weighted by Gasteiger charge is -2.17. The summed E-state index contributed by atoms with van der Waals surface area (Å²) >= 11 is 0. The molecule has 0 radical (unpaired) electrons. The van der Waals surface area contributed by atoms with Gasteiger partial charge in [-0.1, -0.05) is 20.8 Å². The number of hydrogen-bond donors (Lipinski definition) is 2. The first-order valence-corrected chi connectivity index (χ1v) is 6.75. The van der Waals surface area contributed by atoms with Crippen molar-refractivity contribution in [3.05, 3.63) is 0 Å². The molecule has 1 amide bonds. The molecule has 1 aliphatic heterocycles. The molecular weight excluding hydrogens is 216 g/mol. The molecule has 4 heteroatoms. The van der Waals surface area contributed by atoms with Crippen molar-refractivity contribution in [3.8, 4) is 0 Å². The van der Waals surface area contributed by atoms with Crippen molar-refractivity contribution in [2.75, 3.05) is 19.7 Å². The van der Waals surface area contributed by atoms with Gasteiger partial charge < -0.3 is 15.4 Å². The zero-order valence-electron chi connectivity index (χ0n) is 11.3. The van der Waals surface area contributed by atoms with Crippen LogP contribution in [0.4, 0.5) is 0 Å². The van der Waals surface area contributed by atoms with Crippen LogP contribution in [0, 0.1) is 5.92 Å². The molecule has 1 fully saturated rings. The van der Waals surface area contributed by atoms with Gasteiger partial charge in [0, 0.05) is 38.1 Å². The van der Waals surface area contributed by atoms with E-state index in [0.717, 1.165) is 32.5 Å². The van der Waals surface area contributed by atoms with Gasteiger partial charge in [0.1, 0.15) is 0 Å². The van der Waals surface area contributed by atoms with Crippen LogP contribution in [0.1, 0.15) is 40.0 Å². The van der Waals surface area contributed by atoms with Gasteiger partial charge in [0.15, 0.2) is 0 Å². The lowest BCUT2D eigenvalue weighted by atomic mass is 10.00. The number of carbonyl (C=O) groups is 1. The maximum atomic E-state index is 11.6. The molecule has 17 heavy (non-hydrogen) atoms. The molecule has 100 valence electrons. The van der Waals surface area contributed by atoms with Crippen LogP contribution in [-0.4, -0.2) is 37.7 Å². The molecule has 2 unspecified atom stereocenters. The number of carbonyl (C=O) groups excluding carboxylic acids is 1. The van der Waals surface area contributed by atoms with Crippen LogP contribution in [0.25, 0.3) is 0 Å². The average Bonchev–Trinajstić information content (AvgIpc) is 2.73. The minimum absolute atomic E-state index is 0.139. The maximum absolute atomic E-state index is 11.6. The second-order valence-corrected chi connectivity index (χ2v) is 5.03. The normalized spacial score (nSPS) is 24.2. The van der Waals surface area contributed by atoms with Crippen LogP contribution in [0.5, 0.6) is 0 Å². The Kier molecular flexibility index (Phi) is 6.52. The van der Waals surface area contributed by atoms with E-state index in [1.54, 1.807) is 0 Å². The van der Waals surface area contributed by atoms with E-state index < -0.39 is 0 Å². The van der Waals surface area contributed by atoms with Gasteiger partial charge in [0.25, 0.3) is 0 Å². The van der Waals surface area contributed by atoms with E-state index in [2.05, 4.69) is 31.4 Å².